The summed E-state index contributed by atoms with van der Waals surface area (Å²) in [6.45, 7) is 11.2. The van der Waals surface area contributed by atoms with Gasteiger partial charge < -0.3 is 4.74 Å². The molecule has 0 aromatic carbocycles. The van der Waals surface area contributed by atoms with E-state index < -0.39 is 0 Å². The smallest absolute Gasteiger partial charge is 0.333 e. The lowest BCUT2D eigenvalue weighted by atomic mass is 10.0. The molecule has 0 aromatic heterocycles. The van der Waals surface area contributed by atoms with Crippen LogP contribution < -0.4 is 0 Å². The minimum Gasteiger partial charge on any atom is -0.459 e. The van der Waals surface area contributed by atoms with E-state index in [-0.39, 0.29) is 12.1 Å². The van der Waals surface area contributed by atoms with Crippen LogP contribution in [-0.2, 0) is 9.53 Å². The Morgan fingerprint density at radius 1 is 1.50 bits per heavy atom. The molecule has 2 atom stereocenters. The lowest BCUT2D eigenvalue weighted by Crippen LogP contribution is -2.21. The second kappa shape index (κ2) is 4.96. The van der Waals surface area contributed by atoms with E-state index in [9.17, 15) is 4.79 Å². The van der Waals surface area contributed by atoms with Gasteiger partial charge in [0.25, 0.3) is 0 Å². The molecule has 0 heterocycles. The zero-order valence-corrected chi connectivity index (χ0v) is 8.39. The van der Waals surface area contributed by atoms with Crippen LogP contribution >= 0.6 is 0 Å². The molecule has 0 rings (SSSR count). The van der Waals surface area contributed by atoms with Crippen molar-refractivity contribution in [2.24, 2.45) is 5.92 Å². The Morgan fingerprint density at radius 2 is 2.00 bits per heavy atom. The molecule has 0 amide bonds. The second-order valence-electron chi connectivity index (χ2n) is 3.28. The van der Waals surface area contributed by atoms with Gasteiger partial charge in [0.1, 0.15) is 6.10 Å². The highest BCUT2D eigenvalue weighted by atomic mass is 16.5. The van der Waals surface area contributed by atoms with Gasteiger partial charge in [0.15, 0.2) is 0 Å². The van der Waals surface area contributed by atoms with E-state index in [0.29, 0.717) is 11.5 Å². The quantitative estimate of drug-likeness (QED) is 0.478. The van der Waals surface area contributed by atoms with E-state index in [1.54, 1.807) is 6.92 Å². The summed E-state index contributed by atoms with van der Waals surface area (Å²) in [6, 6.07) is 0. The molecule has 12 heavy (non-hydrogen) atoms. The van der Waals surface area contributed by atoms with Crippen LogP contribution in [0.25, 0.3) is 0 Å². The number of carbonyl (C=O) groups is 1. The first-order chi connectivity index (χ1) is 5.49. The summed E-state index contributed by atoms with van der Waals surface area (Å²) in [5.41, 5.74) is 0.463. The van der Waals surface area contributed by atoms with Gasteiger partial charge in [-0.25, -0.2) is 4.79 Å². The molecule has 0 aliphatic carbocycles. The van der Waals surface area contributed by atoms with Crippen molar-refractivity contribution in [1.29, 1.82) is 0 Å². The highest BCUT2D eigenvalue weighted by Crippen LogP contribution is 2.11. The van der Waals surface area contributed by atoms with E-state index in [0.717, 1.165) is 6.42 Å². The van der Waals surface area contributed by atoms with Crippen molar-refractivity contribution in [2.45, 2.75) is 40.2 Å². The Labute approximate surface area is 74.6 Å². The van der Waals surface area contributed by atoms with E-state index >= 15 is 0 Å². The molecule has 0 radical (unpaired) electrons. The number of rotatable bonds is 4. The fourth-order valence-corrected chi connectivity index (χ4v) is 0.718. The van der Waals surface area contributed by atoms with Crippen molar-refractivity contribution in [3.63, 3.8) is 0 Å². The molecule has 0 aromatic rings. The normalized spacial score (nSPS) is 15.0. The maximum absolute atomic E-state index is 11.1. The van der Waals surface area contributed by atoms with E-state index in [1.165, 1.54) is 0 Å². The molecule has 70 valence electrons. The topological polar surface area (TPSA) is 26.3 Å². The predicted molar refractivity (Wildman–Crippen MR) is 49.8 cm³/mol. The van der Waals surface area contributed by atoms with Gasteiger partial charge in [-0.2, -0.15) is 0 Å². The largest absolute Gasteiger partial charge is 0.459 e. The van der Waals surface area contributed by atoms with Crippen molar-refractivity contribution < 1.29 is 9.53 Å². The van der Waals surface area contributed by atoms with Crippen molar-refractivity contribution in [3.8, 4) is 0 Å². The molecule has 0 saturated heterocycles. The molecule has 2 unspecified atom stereocenters. The molecule has 0 N–H and O–H groups in total. The van der Waals surface area contributed by atoms with Gasteiger partial charge in [-0.15, -0.1) is 0 Å². The fourth-order valence-electron chi connectivity index (χ4n) is 0.718. The van der Waals surface area contributed by atoms with Gasteiger partial charge in [-0.05, 0) is 19.8 Å². The standard InChI is InChI=1S/C10H18O2/c1-6-8(4)9(5)12-10(11)7(2)3/h8-9H,2,6H2,1,3-5H3. The third-order valence-electron chi connectivity index (χ3n) is 2.09. The average molecular weight is 170 g/mol. The minimum atomic E-state index is -0.289. The zero-order valence-electron chi connectivity index (χ0n) is 8.39. The summed E-state index contributed by atoms with van der Waals surface area (Å²) >= 11 is 0. The van der Waals surface area contributed by atoms with Crippen LogP contribution in [0.3, 0.4) is 0 Å². The maximum Gasteiger partial charge on any atom is 0.333 e. The van der Waals surface area contributed by atoms with Crippen molar-refractivity contribution in [1.82, 2.24) is 0 Å². The molecule has 2 nitrogen and oxygen atoms in total. The van der Waals surface area contributed by atoms with E-state index in [4.69, 9.17) is 4.74 Å². The summed E-state index contributed by atoms with van der Waals surface area (Å²) in [6.07, 6.45) is 1.00. The summed E-state index contributed by atoms with van der Waals surface area (Å²) in [4.78, 5) is 11.1. The number of ether oxygens (including phenoxy) is 1. The molecule has 0 aliphatic heterocycles. The van der Waals surface area contributed by atoms with Gasteiger partial charge in [-0.3, -0.25) is 0 Å². The Hall–Kier alpha value is -0.790. The van der Waals surface area contributed by atoms with Gasteiger partial charge in [0.2, 0.25) is 0 Å². The van der Waals surface area contributed by atoms with Crippen LogP contribution in [0.2, 0.25) is 0 Å². The zero-order chi connectivity index (χ0) is 9.72. The van der Waals surface area contributed by atoms with Crippen LogP contribution in [0, 0.1) is 5.92 Å². The van der Waals surface area contributed by atoms with Crippen molar-refractivity contribution in [2.75, 3.05) is 0 Å². The van der Waals surface area contributed by atoms with Crippen LogP contribution in [0.5, 0.6) is 0 Å². The Morgan fingerprint density at radius 3 is 2.33 bits per heavy atom. The van der Waals surface area contributed by atoms with Crippen molar-refractivity contribution in [3.05, 3.63) is 12.2 Å². The van der Waals surface area contributed by atoms with Gasteiger partial charge >= 0.3 is 5.97 Å². The molecular formula is C10H18O2. The third-order valence-corrected chi connectivity index (χ3v) is 2.09. The Balaban J connectivity index is 3.92. The first-order valence-corrected chi connectivity index (χ1v) is 4.35. The predicted octanol–water partition coefficient (Wildman–Crippen LogP) is 2.54. The summed E-state index contributed by atoms with van der Waals surface area (Å²) in [5, 5.41) is 0. The Kier molecular flexibility index (Phi) is 4.64. The molecule has 2 heteroatoms. The summed E-state index contributed by atoms with van der Waals surface area (Å²) in [5.74, 6) is 0.121. The summed E-state index contributed by atoms with van der Waals surface area (Å²) in [7, 11) is 0. The fraction of sp³-hybridized carbons (Fsp3) is 0.700. The minimum absolute atomic E-state index is 0.0146. The van der Waals surface area contributed by atoms with E-state index in [1.807, 2.05) is 6.92 Å². The summed E-state index contributed by atoms with van der Waals surface area (Å²) < 4.78 is 5.13. The Bertz CT molecular complexity index is 173. The monoisotopic (exact) mass is 170 g/mol. The molecular weight excluding hydrogens is 152 g/mol. The lowest BCUT2D eigenvalue weighted by molar-refractivity contribution is -0.145. The number of carbonyl (C=O) groups excluding carboxylic acids is 1. The number of hydrogen-bond acceptors (Lipinski definition) is 2. The highest BCUT2D eigenvalue weighted by molar-refractivity contribution is 5.87. The van der Waals surface area contributed by atoms with Crippen LogP contribution in [0.1, 0.15) is 34.1 Å². The average Bonchev–Trinajstić information content (AvgIpc) is 2.02. The molecule has 0 aliphatic rings. The van der Waals surface area contributed by atoms with Gasteiger partial charge in [0.05, 0.1) is 0 Å². The van der Waals surface area contributed by atoms with Crippen LogP contribution in [0.4, 0.5) is 0 Å². The highest BCUT2D eigenvalue weighted by Gasteiger charge is 2.14. The van der Waals surface area contributed by atoms with Gasteiger partial charge in [-0.1, -0.05) is 26.8 Å². The first-order valence-electron chi connectivity index (χ1n) is 4.35. The number of hydrogen-bond donors (Lipinski definition) is 0. The SMILES string of the molecule is C=C(C)C(=O)OC(C)C(C)CC. The van der Waals surface area contributed by atoms with Crippen LogP contribution in [-0.4, -0.2) is 12.1 Å². The maximum atomic E-state index is 11.1. The van der Waals surface area contributed by atoms with E-state index in [2.05, 4.69) is 20.4 Å². The van der Waals surface area contributed by atoms with Gasteiger partial charge in [0, 0.05) is 5.57 Å². The van der Waals surface area contributed by atoms with Crippen molar-refractivity contribution >= 4 is 5.97 Å². The second-order valence-corrected chi connectivity index (χ2v) is 3.28. The first kappa shape index (κ1) is 11.2. The third kappa shape index (κ3) is 3.56. The molecule has 0 fully saturated rings. The molecule has 0 spiro atoms. The van der Waals surface area contributed by atoms with Crippen LogP contribution in [0.15, 0.2) is 12.2 Å². The lowest BCUT2D eigenvalue weighted by Gasteiger charge is -2.18. The molecule has 0 saturated carbocycles. The number of esters is 1. The molecule has 0 bridgehead atoms.